The number of nitrogens with one attached hydrogen (secondary N) is 2. The third-order valence-electron chi connectivity index (χ3n) is 2.48. The van der Waals surface area contributed by atoms with Crippen molar-refractivity contribution in [1.29, 1.82) is 0 Å². The monoisotopic (exact) mass is 235 g/mol. The molecule has 90 valence electrons. The molecule has 0 amide bonds. The fourth-order valence-electron chi connectivity index (χ4n) is 1.59. The summed E-state index contributed by atoms with van der Waals surface area (Å²) in [6.07, 6.45) is 0.629. The number of hydrogen-bond acceptors (Lipinski definition) is 4. The van der Waals surface area contributed by atoms with Crippen LogP contribution in [0.4, 0.5) is 4.39 Å². The fourth-order valence-corrected chi connectivity index (χ4v) is 1.59. The molecule has 0 aliphatic rings. The first kappa shape index (κ1) is 11.7. The summed E-state index contributed by atoms with van der Waals surface area (Å²) in [7, 11) is 0. The SMILES string of the molecule is CC(Cc1ccccc1F)NCc1nn[nH]n1. The van der Waals surface area contributed by atoms with Gasteiger partial charge in [-0.05, 0) is 25.0 Å². The van der Waals surface area contributed by atoms with Gasteiger partial charge >= 0.3 is 0 Å². The molecule has 6 heteroatoms. The van der Waals surface area contributed by atoms with Gasteiger partial charge in [0.1, 0.15) is 5.82 Å². The second kappa shape index (κ2) is 5.49. The van der Waals surface area contributed by atoms with Crippen LogP contribution in [0.5, 0.6) is 0 Å². The van der Waals surface area contributed by atoms with Crippen LogP contribution in [0.15, 0.2) is 24.3 Å². The predicted octanol–water partition coefficient (Wildman–Crippen LogP) is 1.06. The summed E-state index contributed by atoms with van der Waals surface area (Å²) in [6.45, 7) is 2.51. The summed E-state index contributed by atoms with van der Waals surface area (Å²) in [4.78, 5) is 0. The summed E-state index contributed by atoms with van der Waals surface area (Å²) >= 11 is 0. The largest absolute Gasteiger partial charge is 0.307 e. The van der Waals surface area contributed by atoms with Gasteiger partial charge in [0.2, 0.25) is 0 Å². The Morgan fingerprint density at radius 1 is 1.41 bits per heavy atom. The maximum absolute atomic E-state index is 13.4. The van der Waals surface area contributed by atoms with E-state index in [2.05, 4.69) is 25.9 Å². The van der Waals surface area contributed by atoms with Gasteiger partial charge in [-0.3, -0.25) is 0 Å². The molecule has 0 saturated heterocycles. The molecule has 1 atom stereocenters. The lowest BCUT2D eigenvalue weighted by Crippen LogP contribution is -2.28. The Balaban J connectivity index is 1.85. The molecule has 0 radical (unpaired) electrons. The second-order valence-electron chi connectivity index (χ2n) is 3.91. The van der Waals surface area contributed by atoms with Crippen molar-refractivity contribution in [1.82, 2.24) is 25.9 Å². The molecule has 1 heterocycles. The third kappa shape index (κ3) is 3.32. The van der Waals surface area contributed by atoms with E-state index in [4.69, 9.17) is 0 Å². The van der Waals surface area contributed by atoms with E-state index in [1.165, 1.54) is 6.07 Å². The summed E-state index contributed by atoms with van der Waals surface area (Å²) in [5.41, 5.74) is 0.709. The van der Waals surface area contributed by atoms with Gasteiger partial charge in [-0.15, -0.1) is 10.2 Å². The van der Waals surface area contributed by atoms with Crippen LogP contribution in [0.2, 0.25) is 0 Å². The van der Waals surface area contributed by atoms with E-state index < -0.39 is 0 Å². The number of hydrogen-bond donors (Lipinski definition) is 2. The van der Waals surface area contributed by atoms with Gasteiger partial charge in [0, 0.05) is 6.04 Å². The minimum Gasteiger partial charge on any atom is -0.307 e. The molecule has 0 aliphatic carbocycles. The minimum absolute atomic E-state index is 0.144. The fraction of sp³-hybridized carbons (Fsp3) is 0.364. The predicted molar refractivity (Wildman–Crippen MR) is 60.6 cm³/mol. The number of rotatable bonds is 5. The van der Waals surface area contributed by atoms with E-state index >= 15 is 0 Å². The summed E-state index contributed by atoms with van der Waals surface area (Å²) in [5, 5.41) is 16.7. The molecule has 5 nitrogen and oxygen atoms in total. The maximum Gasteiger partial charge on any atom is 0.188 e. The Morgan fingerprint density at radius 3 is 2.94 bits per heavy atom. The Morgan fingerprint density at radius 2 is 2.24 bits per heavy atom. The Labute approximate surface area is 98.4 Å². The zero-order chi connectivity index (χ0) is 12.1. The number of nitrogens with zero attached hydrogens (tertiary/aromatic N) is 3. The molecule has 1 aromatic carbocycles. The van der Waals surface area contributed by atoms with E-state index in [1.807, 2.05) is 13.0 Å². The molecule has 0 saturated carbocycles. The summed E-state index contributed by atoms with van der Waals surface area (Å²) < 4.78 is 13.4. The van der Waals surface area contributed by atoms with Crippen molar-refractivity contribution in [2.24, 2.45) is 0 Å². The van der Waals surface area contributed by atoms with Gasteiger partial charge in [-0.1, -0.05) is 23.4 Å². The standard InChI is InChI=1S/C11H14FN5/c1-8(13-7-11-14-16-17-15-11)6-9-4-2-3-5-10(9)12/h2-5,8,13H,6-7H2,1H3,(H,14,15,16,17). The van der Waals surface area contributed by atoms with Gasteiger partial charge in [0.25, 0.3) is 0 Å². The van der Waals surface area contributed by atoms with Crippen molar-refractivity contribution >= 4 is 0 Å². The van der Waals surface area contributed by atoms with Crippen LogP contribution < -0.4 is 5.32 Å². The molecule has 2 aromatic rings. The van der Waals surface area contributed by atoms with Gasteiger partial charge in [-0.25, -0.2) is 4.39 Å². The summed E-state index contributed by atoms with van der Waals surface area (Å²) in [5.74, 6) is 0.436. The van der Waals surface area contributed by atoms with Crippen LogP contribution >= 0.6 is 0 Å². The van der Waals surface area contributed by atoms with Crippen molar-refractivity contribution in [3.8, 4) is 0 Å². The van der Waals surface area contributed by atoms with Gasteiger partial charge < -0.3 is 5.32 Å². The number of halogens is 1. The Hall–Kier alpha value is -1.82. The second-order valence-corrected chi connectivity index (χ2v) is 3.91. The topological polar surface area (TPSA) is 66.5 Å². The van der Waals surface area contributed by atoms with Crippen molar-refractivity contribution < 1.29 is 4.39 Å². The molecule has 0 fully saturated rings. The highest BCUT2D eigenvalue weighted by Gasteiger charge is 2.07. The van der Waals surface area contributed by atoms with Gasteiger partial charge in [0.05, 0.1) is 6.54 Å². The van der Waals surface area contributed by atoms with Crippen LogP contribution in [0.25, 0.3) is 0 Å². The molecule has 0 spiro atoms. The lowest BCUT2D eigenvalue weighted by molar-refractivity contribution is 0.517. The number of aromatic nitrogens is 4. The zero-order valence-electron chi connectivity index (χ0n) is 9.52. The van der Waals surface area contributed by atoms with Crippen molar-refractivity contribution in [3.63, 3.8) is 0 Å². The highest BCUT2D eigenvalue weighted by molar-refractivity contribution is 5.18. The number of tetrazole rings is 1. The first-order valence-corrected chi connectivity index (χ1v) is 5.45. The van der Waals surface area contributed by atoms with Crippen molar-refractivity contribution in [2.75, 3.05) is 0 Å². The van der Waals surface area contributed by atoms with E-state index in [1.54, 1.807) is 12.1 Å². The van der Waals surface area contributed by atoms with Crippen molar-refractivity contribution in [2.45, 2.75) is 25.9 Å². The van der Waals surface area contributed by atoms with E-state index in [9.17, 15) is 4.39 Å². The Bertz CT molecular complexity index is 457. The quantitative estimate of drug-likeness (QED) is 0.813. The maximum atomic E-state index is 13.4. The molecular formula is C11H14FN5. The van der Waals surface area contributed by atoms with Crippen LogP contribution in [0.1, 0.15) is 18.3 Å². The van der Waals surface area contributed by atoms with E-state index in [0.29, 0.717) is 24.4 Å². The van der Waals surface area contributed by atoms with Gasteiger partial charge in [-0.2, -0.15) is 5.21 Å². The molecule has 2 N–H and O–H groups in total. The molecule has 2 rings (SSSR count). The van der Waals surface area contributed by atoms with Crippen LogP contribution in [0.3, 0.4) is 0 Å². The first-order chi connectivity index (χ1) is 8.25. The van der Waals surface area contributed by atoms with Crippen LogP contribution in [-0.4, -0.2) is 26.7 Å². The number of benzene rings is 1. The lowest BCUT2D eigenvalue weighted by atomic mass is 10.1. The van der Waals surface area contributed by atoms with Crippen LogP contribution in [-0.2, 0) is 13.0 Å². The average molecular weight is 235 g/mol. The third-order valence-corrected chi connectivity index (χ3v) is 2.48. The van der Waals surface area contributed by atoms with E-state index in [0.717, 1.165) is 0 Å². The number of H-pyrrole nitrogens is 1. The van der Waals surface area contributed by atoms with Crippen LogP contribution in [0, 0.1) is 5.82 Å². The molecule has 17 heavy (non-hydrogen) atoms. The smallest absolute Gasteiger partial charge is 0.188 e. The van der Waals surface area contributed by atoms with E-state index in [-0.39, 0.29) is 11.9 Å². The van der Waals surface area contributed by atoms with Crippen molar-refractivity contribution in [3.05, 3.63) is 41.5 Å². The highest BCUT2D eigenvalue weighted by atomic mass is 19.1. The normalized spacial score (nSPS) is 12.6. The zero-order valence-corrected chi connectivity index (χ0v) is 9.52. The minimum atomic E-state index is -0.166. The summed E-state index contributed by atoms with van der Waals surface area (Å²) in [6, 6.07) is 6.94. The first-order valence-electron chi connectivity index (χ1n) is 5.45. The molecular weight excluding hydrogens is 221 g/mol. The molecule has 0 aliphatic heterocycles. The number of aromatic amines is 1. The molecule has 0 bridgehead atoms. The average Bonchev–Trinajstić information content (AvgIpc) is 2.82. The Kier molecular flexibility index (Phi) is 3.77. The molecule has 1 unspecified atom stereocenters. The molecule has 1 aromatic heterocycles. The van der Waals surface area contributed by atoms with Gasteiger partial charge in [0.15, 0.2) is 5.82 Å². The highest BCUT2D eigenvalue weighted by Crippen LogP contribution is 2.09. The lowest BCUT2D eigenvalue weighted by Gasteiger charge is -2.12.